The Morgan fingerprint density at radius 1 is 0.290 bits per heavy atom. The van der Waals surface area contributed by atoms with Gasteiger partial charge in [0.05, 0.1) is 16.8 Å². The first-order valence-corrected chi connectivity index (χ1v) is 23.8. The highest BCUT2D eigenvalue weighted by atomic mass is 16.3. The Labute approximate surface area is 402 Å². The van der Waals surface area contributed by atoms with Crippen LogP contribution in [0.1, 0.15) is 22.3 Å². The SMILES string of the molecule is c1ccc(-c2ccc(-c3ccccc3N(c3ccc(-c4cccc5c4-c4ccccc4C5(c4ccccc4)c4ccccc4)cc3)c3ccccc3-c3cccc4c3oc3ccccc34)cc2)cc1. The van der Waals surface area contributed by atoms with Gasteiger partial charge >= 0.3 is 0 Å². The number of rotatable bonds is 9. The fourth-order valence-electron chi connectivity index (χ4n) is 11.2. The van der Waals surface area contributed by atoms with Gasteiger partial charge in [0, 0.05) is 33.2 Å². The van der Waals surface area contributed by atoms with Crippen LogP contribution in [-0.4, -0.2) is 0 Å². The van der Waals surface area contributed by atoms with Gasteiger partial charge in [-0.3, -0.25) is 0 Å². The molecule has 324 valence electrons. The van der Waals surface area contributed by atoms with Crippen molar-refractivity contribution in [1.29, 1.82) is 0 Å². The second-order valence-corrected chi connectivity index (χ2v) is 17.9. The Morgan fingerprint density at radius 2 is 0.754 bits per heavy atom. The van der Waals surface area contributed by atoms with E-state index in [0.29, 0.717) is 0 Å². The molecule has 0 bridgehead atoms. The summed E-state index contributed by atoms with van der Waals surface area (Å²) in [5.41, 5.74) is 21.3. The van der Waals surface area contributed by atoms with Gasteiger partial charge in [-0.1, -0.05) is 243 Å². The highest BCUT2D eigenvalue weighted by Gasteiger charge is 2.46. The van der Waals surface area contributed by atoms with Gasteiger partial charge in [0.1, 0.15) is 11.2 Å². The van der Waals surface area contributed by atoms with Crippen LogP contribution in [0.5, 0.6) is 0 Å². The summed E-state index contributed by atoms with van der Waals surface area (Å²) in [7, 11) is 0. The van der Waals surface area contributed by atoms with E-state index >= 15 is 0 Å². The number of para-hydroxylation sites is 4. The van der Waals surface area contributed by atoms with E-state index in [4.69, 9.17) is 4.42 Å². The van der Waals surface area contributed by atoms with Crippen LogP contribution in [0.4, 0.5) is 17.1 Å². The highest BCUT2D eigenvalue weighted by molar-refractivity contribution is 6.11. The first-order valence-electron chi connectivity index (χ1n) is 23.8. The molecule has 1 heterocycles. The standard InChI is InChI=1S/C67H45NO/c1-4-20-46(21-5-1)47-38-40-48(41-39-47)53-26-11-15-35-62(53)68(63-36-16-12-27-55(63)57-31-18-32-58-56-28-13-17-37-64(56)69-66(57)58)52-44-42-49(43-45-52)54-30-19-34-61-65(54)59-29-10-14-33-60(59)67(61,50-22-6-2-7-23-50)51-24-8-3-9-25-51/h1-45H. The van der Waals surface area contributed by atoms with E-state index in [1.54, 1.807) is 0 Å². The minimum Gasteiger partial charge on any atom is -0.455 e. The van der Waals surface area contributed by atoms with E-state index in [9.17, 15) is 0 Å². The van der Waals surface area contributed by atoms with Gasteiger partial charge in [0.2, 0.25) is 0 Å². The van der Waals surface area contributed by atoms with Gasteiger partial charge in [-0.05, 0) is 91.5 Å². The maximum atomic E-state index is 6.70. The first kappa shape index (κ1) is 40.3. The Balaban J connectivity index is 0.996. The normalized spacial score (nSPS) is 12.5. The molecule has 12 aromatic rings. The monoisotopic (exact) mass is 879 g/mol. The molecular weight excluding hydrogens is 835 g/mol. The molecule has 69 heavy (non-hydrogen) atoms. The predicted molar refractivity (Wildman–Crippen MR) is 287 cm³/mol. The largest absolute Gasteiger partial charge is 0.455 e. The smallest absolute Gasteiger partial charge is 0.143 e. The zero-order valence-corrected chi connectivity index (χ0v) is 37.8. The van der Waals surface area contributed by atoms with Gasteiger partial charge in [0.25, 0.3) is 0 Å². The minimum absolute atomic E-state index is 0.476. The molecule has 13 rings (SSSR count). The molecule has 0 amide bonds. The van der Waals surface area contributed by atoms with Crippen LogP contribution in [0, 0.1) is 0 Å². The van der Waals surface area contributed by atoms with Gasteiger partial charge in [-0.25, -0.2) is 0 Å². The summed E-state index contributed by atoms with van der Waals surface area (Å²) in [5.74, 6) is 0. The maximum absolute atomic E-state index is 6.70. The van der Waals surface area contributed by atoms with Crippen LogP contribution in [0.2, 0.25) is 0 Å². The predicted octanol–water partition coefficient (Wildman–Crippen LogP) is 18.1. The molecule has 0 saturated heterocycles. The third-order valence-electron chi connectivity index (χ3n) is 14.2. The molecule has 0 aliphatic heterocycles. The summed E-state index contributed by atoms with van der Waals surface area (Å²) in [6, 6.07) is 99.1. The van der Waals surface area contributed by atoms with Crippen molar-refractivity contribution in [2.45, 2.75) is 5.41 Å². The zero-order valence-electron chi connectivity index (χ0n) is 37.8. The Bertz CT molecular complexity index is 3780. The van der Waals surface area contributed by atoms with Crippen molar-refractivity contribution in [2.24, 2.45) is 0 Å². The summed E-state index contributed by atoms with van der Waals surface area (Å²) < 4.78 is 6.70. The Morgan fingerprint density at radius 3 is 1.48 bits per heavy atom. The number of fused-ring (bicyclic) bond motifs is 6. The van der Waals surface area contributed by atoms with E-state index in [1.165, 1.54) is 50.1 Å². The molecule has 1 aliphatic carbocycles. The summed E-state index contributed by atoms with van der Waals surface area (Å²) >= 11 is 0. The maximum Gasteiger partial charge on any atom is 0.143 e. The van der Waals surface area contributed by atoms with Crippen molar-refractivity contribution in [2.75, 3.05) is 4.90 Å². The number of nitrogens with zero attached hydrogens (tertiary/aromatic N) is 1. The summed E-state index contributed by atoms with van der Waals surface area (Å²) in [6.45, 7) is 0. The van der Waals surface area contributed by atoms with Crippen LogP contribution < -0.4 is 4.90 Å². The molecule has 1 aromatic heterocycles. The molecule has 0 fully saturated rings. The topological polar surface area (TPSA) is 16.4 Å². The van der Waals surface area contributed by atoms with Crippen LogP contribution in [0.15, 0.2) is 277 Å². The highest BCUT2D eigenvalue weighted by Crippen LogP contribution is 2.58. The third-order valence-corrected chi connectivity index (χ3v) is 14.2. The second-order valence-electron chi connectivity index (χ2n) is 17.9. The summed E-state index contributed by atoms with van der Waals surface area (Å²) in [5, 5.41) is 2.22. The molecule has 2 nitrogen and oxygen atoms in total. The number of benzene rings is 11. The number of hydrogen-bond donors (Lipinski definition) is 0. The van der Waals surface area contributed by atoms with Crippen LogP contribution >= 0.6 is 0 Å². The van der Waals surface area contributed by atoms with Crippen LogP contribution in [0.25, 0.3) is 77.6 Å². The zero-order chi connectivity index (χ0) is 45.7. The van der Waals surface area contributed by atoms with Crippen molar-refractivity contribution >= 4 is 39.0 Å². The third kappa shape index (κ3) is 6.56. The quantitative estimate of drug-likeness (QED) is 0.144. The molecule has 0 spiro atoms. The lowest BCUT2D eigenvalue weighted by Gasteiger charge is -2.34. The van der Waals surface area contributed by atoms with Crippen molar-refractivity contribution in [1.82, 2.24) is 0 Å². The molecule has 0 unspecified atom stereocenters. The van der Waals surface area contributed by atoms with E-state index < -0.39 is 5.41 Å². The molecule has 0 atom stereocenters. The van der Waals surface area contributed by atoms with E-state index in [2.05, 4.69) is 272 Å². The molecule has 11 aromatic carbocycles. The number of anilines is 3. The average molecular weight is 880 g/mol. The fourth-order valence-corrected chi connectivity index (χ4v) is 11.2. The van der Waals surface area contributed by atoms with Gasteiger partial charge in [-0.15, -0.1) is 0 Å². The van der Waals surface area contributed by atoms with Crippen LogP contribution in [0.3, 0.4) is 0 Å². The summed E-state index contributed by atoms with van der Waals surface area (Å²) in [4.78, 5) is 2.43. The van der Waals surface area contributed by atoms with E-state index in [0.717, 1.165) is 66.8 Å². The Hall–Kier alpha value is -8.98. The number of hydrogen-bond acceptors (Lipinski definition) is 2. The second kappa shape index (κ2) is 16.7. The van der Waals surface area contributed by atoms with Crippen molar-refractivity contribution in [3.05, 3.63) is 295 Å². The number of furan rings is 1. The molecular formula is C67H45NO. The minimum atomic E-state index is -0.476. The van der Waals surface area contributed by atoms with Crippen LogP contribution in [-0.2, 0) is 5.41 Å². The summed E-state index contributed by atoms with van der Waals surface area (Å²) in [6.07, 6.45) is 0. The van der Waals surface area contributed by atoms with Gasteiger partial charge < -0.3 is 9.32 Å². The first-order chi connectivity index (χ1) is 34.3. The van der Waals surface area contributed by atoms with Crippen molar-refractivity contribution < 1.29 is 4.42 Å². The van der Waals surface area contributed by atoms with Crippen molar-refractivity contribution in [3.8, 4) is 55.6 Å². The average Bonchev–Trinajstić information content (AvgIpc) is 3.97. The van der Waals surface area contributed by atoms with Gasteiger partial charge in [-0.2, -0.15) is 0 Å². The molecule has 0 saturated carbocycles. The lowest BCUT2D eigenvalue weighted by atomic mass is 9.67. The Kier molecular flexibility index (Phi) is 9.77. The molecule has 0 radical (unpaired) electrons. The van der Waals surface area contributed by atoms with Gasteiger partial charge in [0.15, 0.2) is 0 Å². The van der Waals surface area contributed by atoms with Crippen molar-refractivity contribution in [3.63, 3.8) is 0 Å². The van der Waals surface area contributed by atoms with E-state index in [1.807, 2.05) is 6.07 Å². The molecule has 0 N–H and O–H groups in total. The molecule has 2 heteroatoms. The molecule has 1 aliphatic rings. The lowest BCUT2D eigenvalue weighted by Crippen LogP contribution is -2.28. The van der Waals surface area contributed by atoms with E-state index in [-0.39, 0.29) is 0 Å². The lowest BCUT2D eigenvalue weighted by molar-refractivity contribution is 0.670. The fraction of sp³-hybridized carbons (Fsp3) is 0.0149.